The van der Waals surface area contributed by atoms with Gasteiger partial charge in [-0.25, -0.2) is 0 Å². The highest BCUT2D eigenvalue weighted by atomic mass is 16.5. The van der Waals surface area contributed by atoms with Crippen molar-refractivity contribution in [3.63, 3.8) is 0 Å². The first kappa shape index (κ1) is 16.2. The van der Waals surface area contributed by atoms with Crippen LogP contribution in [0.1, 0.15) is 28.6 Å². The number of hydrogen-bond acceptors (Lipinski definition) is 4. The maximum Gasteiger partial charge on any atom is 0.227 e. The molecule has 1 atom stereocenters. The minimum absolute atomic E-state index is 0.0601. The van der Waals surface area contributed by atoms with Crippen molar-refractivity contribution in [3.05, 3.63) is 52.9 Å². The van der Waals surface area contributed by atoms with E-state index in [0.717, 1.165) is 5.69 Å². The first-order valence-corrected chi connectivity index (χ1v) is 7.37. The van der Waals surface area contributed by atoms with Gasteiger partial charge < -0.3 is 14.7 Å². The highest BCUT2D eigenvalue weighted by molar-refractivity contribution is 5.77. The third-order valence-corrected chi connectivity index (χ3v) is 3.59. The van der Waals surface area contributed by atoms with Crippen molar-refractivity contribution in [1.82, 2.24) is 15.4 Å². The van der Waals surface area contributed by atoms with Crippen molar-refractivity contribution >= 4 is 5.91 Å². The predicted molar refractivity (Wildman–Crippen MR) is 85.6 cm³/mol. The number of hydrogen-bond donors (Lipinski definition) is 1. The van der Waals surface area contributed by atoms with E-state index < -0.39 is 0 Å². The molecule has 5 heteroatoms. The summed E-state index contributed by atoms with van der Waals surface area (Å²) < 4.78 is 5.07. The molecule has 0 radical (unpaired) electrons. The molecule has 0 spiro atoms. The van der Waals surface area contributed by atoms with Gasteiger partial charge in [0.1, 0.15) is 5.76 Å². The van der Waals surface area contributed by atoms with Gasteiger partial charge in [0.15, 0.2) is 0 Å². The highest BCUT2D eigenvalue weighted by Crippen LogP contribution is 2.18. The summed E-state index contributed by atoms with van der Waals surface area (Å²) in [7, 11) is 4.02. The fraction of sp³-hybridized carbons (Fsp3) is 0.412. The molecule has 1 aromatic heterocycles. The fourth-order valence-electron chi connectivity index (χ4n) is 2.32. The van der Waals surface area contributed by atoms with Gasteiger partial charge in [0.25, 0.3) is 0 Å². The zero-order valence-electron chi connectivity index (χ0n) is 13.6. The monoisotopic (exact) mass is 301 g/mol. The minimum Gasteiger partial charge on any atom is -0.361 e. The number of likely N-dealkylation sites (N-methyl/N-ethyl adjacent to an activating group) is 1. The summed E-state index contributed by atoms with van der Waals surface area (Å²) in [5.74, 6) is 0.529. The van der Waals surface area contributed by atoms with Crippen LogP contribution in [0.15, 0.2) is 34.9 Å². The van der Waals surface area contributed by atoms with Gasteiger partial charge in [0.2, 0.25) is 5.91 Å². The van der Waals surface area contributed by atoms with Crippen LogP contribution in [0.3, 0.4) is 0 Å². The van der Waals surface area contributed by atoms with E-state index >= 15 is 0 Å². The van der Waals surface area contributed by atoms with Crippen molar-refractivity contribution in [3.8, 4) is 0 Å². The number of carbonyl (C=O) groups is 1. The van der Waals surface area contributed by atoms with Crippen molar-refractivity contribution < 1.29 is 9.32 Å². The number of rotatable bonds is 6. The van der Waals surface area contributed by atoms with Gasteiger partial charge in [-0.05, 0) is 33.5 Å². The predicted octanol–water partition coefficient (Wildman–Crippen LogP) is 2.25. The number of amides is 1. The summed E-state index contributed by atoms with van der Waals surface area (Å²) >= 11 is 0. The van der Waals surface area contributed by atoms with Crippen LogP contribution in [0, 0.1) is 13.8 Å². The lowest BCUT2D eigenvalue weighted by atomic mass is 10.0. The van der Waals surface area contributed by atoms with Crippen molar-refractivity contribution in [2.24, 2.45) is 0 Å². The van der Waals surface area contributed by atoms with E-state index in [0.29, 0.717) is 12.3 Å². The van der Waals surface area contributed by atoms with Crippen LogP contribution >= 0.6 is 0 Å². The Morgan fingerprint density at radius 1 is 1.27 bits per heavy atom. The van der Waals surface area contributed by atoms with Crippen LogP contribution in [-0.2, 0) is 11.2 Å². The van der Waals surface area contributed by atoms with Crippen LogP contribution in [0.4, 0.5) is 0 Å². The van der Waals surface area contributed by atoms with Crippen LogP contribution < -0.4 is 5.32 Å². The molecule has 0 unspecified atom stereocenters. The third-order valence-electron chi connectivity index (χ3n) is 3.59. The van der Waals surface area contributed by atoms with Crippen molar-refractivity contribution in [2.75, 3.05) is 20.6 Å². The van der Waals surface area contributed by atoms with Crippen LogP contribution in [0.5, 0.6) is 0 Å². The molecule has 0 saturated heterocycles. The van der Waals surface area contributed by atoms with Crippen LogP contribution in [-0.4, -0.2) is 36.6 Å². The van der Waals surface area contributed by atoms with Crippen LogP contribution in [0.25, 0.3) is 0 Å². The van der Waals surface area contributed by atoms with Crippen molar-refractivity contribution in [1.29, 1.82) is 0 Å². The second kappa shape index (κ2) is 7.22. The van der Waals surface area contributed by atoms with Crippen LogP contribution in [0.2, 0.25) is 0 Å². The number of aromatic nitrogens is 1. The number of nitrogens with zero attached hydrogens (tertiary/aromatic N) is 2. The lowest BCUT2D eigenvalue weighted by molar-refractivity contribution is -0.120. The summed E-state index contributed by atoms with van der Waals surface area (Å²) in [4.78, 5) is 14.1. The average Bonchev–Trinajstić information content (AvgIpc) is 2.86. The molecule has 2 rings (SSSR count). The summed E-state index contributed by atoms with van der Waals surface area (Å²) in [5.41, 5.74) is 3.20. The van der Waals surface area contributed by atoms with E-state index in [4.69, 9.17) is 4.52 Å². The molecule has 22 heavy (non-hydrogen) atoms. The molecule has 1 amide bonds. The fourth-order valence-corrected chi connectivity index (χ4v) is 2.32. The Morgan fingerprint density at radius 2 is 1.95 bits per heavy atom. The normalized spacial score (nSPS) is 12.4. The summed E-state index contributed by atoms with van der Waals surface area (Å²) in [5, 5.41) is 6.75. The van der Waals surface area contributed by atoms with E-state index in [2.05, 4.69) is 46.6 Å². The third kappa shape index (κ3) is 4.43. The molecular weight excluding hydrogens is 278 g/mol. The zero-order chi connectivity index (χ0) is 16.1. The van der Waals surface area contributed by atoms with Crippen molar-refractivity contribution in [2.45, 2.75) is 26.3 Å². The molecule has 1 aromatic carbocycles. The second-order valence-corrected chi connectivity index (χ2v) is 5.81. The Morgan fingerprint density at radius 3 is 2.50 bits per heavy atom. The molecular formula is C17H23N3O2. The summed E-state index contributed by atoms with van der Waals surface area (Å²) in [6.45, 7) is 4.46. The minimum atomic E-state index is -0.0601. The first-order valence-electron chi connectivity index (χ1n) is 7.37. The number of carbonyl (C=O) groups excluding carboxylic acids is 1. The van der Waals surface area contributed by atoms with E-state index in [1.54, 1.807) is 6.07 Å². The van der Waals surface area contributed by atoms with Gasteiger partial charge in [-0.15, -0.1) is 0 Å². The summed E-state index contributed by atoms with van der Waals surface area (Å²) in [6, 6.07) is 10.3. The molecule has 0 aliphatic rings. The van der Waals surface area contributed by atoms with E-state index in [9.17, 15) is 4.79 Å². The number of aryl methyl sites for hydroxylation is 2. The zero-order valence-corrected chi connectivity index (χ0v) is 13.6. The Hall–Kier alpha value is -2.14. The topological polar surface area (TPSA) is 58.4 Å². The summed E-state index contributed by atoms with van der Waals surface area (Å²) in [6.07, 6.45) is 0.217. The quantitative estimate of drug-likeness (QED) is 0.889. The second-order valence-electron chi connectivity index (χ2n) is 5.81. The lowest BCUT2D eigenvalue weighted by Gasteiger charge is -2.25. The largest absolute Gasteiger partial charge is 0.361 e. The smallest absolute Gasteiger partial charge is 0.227 e. The molecule has 2 aromatic rings. The molecule has 0 aliphatic heterocycles. The maximum absolute atomic E-state index is 12.0. The molecule has 0 saturated carbocycles. The maximum atomic E-state index is 12.0. The SMILES string of the molecule is Cc1ccc([C@@H](CNC(=O)Cc2cc(C)no2)N(C)C)cc1. The van der Waals surface area contributed by atoms with E-state index in [1.165, 1.54) is 11.1 Å². The lowest BCUT2D eigenvalue weighted by Crippen LogP contribution is -2.35. The molecule has 1 N–H and O–H groups in total. The standard InChI is InChI=1S/C17H23N3O2/c1-12-5-7-14(8-6-12)16(20(3)4)11-18-17(21)10-15-9-13(2)19-22-15/h5-9,16H,10-11H2,1-4H3,(H,18,21)/t16-/m1/s1. The Bertz CT molecular complexity index is 617. The van der Waals surface area contributed by atoms with Gasteiger partial charge >= 0.3 is 0 Å². The highest BCUT2D eigenvalue weighted by Gasteiger charge is 2.16. The molecule has 0 aliphatic carbocycles. The molecule has 1 heterocycles. The number of nitrogens with one attached hydrogen (secondary N) is 1. The number of benzene rings is 1. The van der Waals surface area contributed by atoms with Gasteiger partial charge in [0, 0.05) is 12.6 Å². The van der Waals surface area contributed by atoms with Gasteiger partial charge in [0.05, 0.1) is 18.2 Å². The van der Waals surface area contributed by atoms with Gasteiger partial charge in [-0.1, -0.05) is 35.0 Å². The Kier molecular flexibility index (Phi) is 5.33. The Balaban J connectivity index is 1.94. The molecule has 0 bridgehead atoms. The van der Waals surface area contributed by atoms with E-state index in [-0.39, 0.29) is 18.4 Å². The molecule has 0 fully saturated rings. The molecule has 5 nitrogen and oxygen atoms in total. The van der Waals surface area contributed by atoms with E-state index in [1.807, 2.05) is 21.0 Å². The molecule has 118 valence electrons. The van der Waals surface area contributed by atoms with Gasteiger partial charge in [-0.2, -0.15) is 0 Å². The first-order chi connectivity index (χ1) is 10.5. The average molecular weight is 301 g/mol. The van der Waals surface area contributed by atoms with Gasteiger partial charge in [-0.3, -0.25) is 4.79 Å². The Labute approximate surface area is 131 Å².